The average Bonchev–Trinajstić information content (AvgIpc) is 2.87. The number of rotatable bonds is 16. The molecule has 0 bridgehead atoms. The summed E-state index contributed by atoms with van der Waals surface area (Å²) in [6.07, 6.45) is -0.521. The van der Waals surface area contributed by atoms with Crippen LogP contribution >= 0.6 is 0 Å². The van der Waals surface area contributed by atoms with E-state index in [1.165, 1.54) is 0 Å². The van der Waals surface area contributed by atoms with Crippen molar-refractivity contribution in [2.75, 3.05) is 6.54 Å². The van der Waals surface area contributed by atoms with Crippen molar-refractivity contribution < 1.29 is 43.3 Å². The summed E-state index contributed by atoms with van der Waals surface area (Å²) >= 11 is 0. The normalized spacial score (nSPS) is 14.0. The van der Waals surface area contributed by atoms with Crippen LogP contribution in [0.2, 0.25) is 0 Å². The molecule has 0 fully saturated rings. The smallest absolute Gasteiger partial charge is 0.329 e. The largest absolute Gasteiger partial charge is 0.460 e. The third kappa shape index (κ3) is 18.8. The molecule has 0 aliphatic rings. The summed E-state index contributed by atoms with van der Waals surface area (Å²) in [5.41, 5.74) is -1.87. The van der Waals surface area contributed by atoms with Gasteiger partial charge in [-0.15, -0.1) is 0 Å². The molecule has 0 aromatic heterocycles. The van der Waals surface area contributed by atoms with Crippen molar-refractivity contribution in [1.29, 1.82) is 0 Å². The maximum Gasteiger partial charge on any atom is 0.329 e. The van der Waals surface area contributed by atoms with Gasteiger partial charge in [0, 0.05) is 18.5 Å². The Morgan fingerprint density at radius 2 is 1.27 bits per heavy atom. The van der Waals surface area contributed by atoms with E-state index >= 15 is 0 Å². The van der Waals surface area contributed by atoms with Gasteiger partial charge in [0.15, 0.2) is 0 Å². The predicted molar refractivity (Wildman–Crippen MR) is 169 cm³/mol. The maximum absolute atomic E-state index is 13.1. The Balaban J connectivity index is 2.83. The molecule has 0 saturated heterocycles. The molecule has 0 aliphatic heterocycles. The molecule has 1 aromatic carbocycles. The van der Waals surface area contributed by atoms with E-state index in [0.29, 0.717) is 24.9 Å². The molecule has 12 heteroatoms. The second kappa shape index (κ2) is 17.8. The first-order valence-electron chi connectivity index (χ1n) is 15.4. The first kappa shape index (κ1) is 39.5. The van der Waals surface area contributed by atoms with E-state index in [2.05, 4.69) is 16.0 Å². The number of amides is 2. The van der Waals surface area contributed by atoms with Crippen molar-refractivity contribution in [2.45, 2.75) is 136 Å². The molecule has 0 saturated carbocycles. The lowest BCUT2D eigenvalue weighted by Gasteiger charge is -2.27. The number of benzene rings is 1. The van der Waals surface area contributed by atoms with Crippen LogP contribution in [0.5, 0.6) is 0 Å². The Hall–Kier alpha value is -3.51. The Labute approximate surface area is 267 Å². The van der Waals surface area contributed by atoms with Crippen LogP contribution in [0.3, 0.4) is 0 Å². The number of hydrogen-bond acceptors (Lipinski definition) is 10. The van der Waals surface area contributed by atoms with E-state index in [0.717, 1.165) is 0 Å². The third-order valence-corrected chi connectivity index (χ3v) is 5.78. The molecule has 0 aliphatic carbocycles. The van der Waals surface area contributed by atoms with Crippen molar-refractivity contribution >= 4 is 29.7 Å². The predicted octanol–water partition coefficient (Wildman–Crippen LogP) is 3.54. The highest BCUT2D eigenvalue weighted by atomic mass is 16.6. The van der Waals surface area contributed by atoms with Crippen molar-refractivity contribution in [1.82, 2.24) is 16.0 Å². The van der Waals surface area contributed by atoms with E-state index in [4.69, 9.17) is 14.2 Å². The highest BCUT2D eigenvalue weighted by molar-refractivity contribution is 5.94. The monoisotopic (exact) mass is 635 g/mol. The molecule has 12 nitrogen and oxygen atoms in total. The average molecular weight is 636 g/mol. The van der Waals surface area contributed by atoms with Crippen LogP contribution in [-0.4, -0.2) is 76.5 Å². The number of carbonyl (C=O) groups is 5. The molecule has 1 aromatic rings. The molecule has 0 heterocycles. The molecular weight excluding hydrogens is 582 g/mol. The zero-order chi connectivity index (χ0) is 34.4. The SMILES string of the molecule is CC(C)(C)OC(=O)CC[C@H](NC(=O)C[C@H](NC(O)CCCCNC(=O)c1ccccc1)C(=O)OC(C)(C)C)C(=O)OC(C)(C)C. The standard InChI is InChI=1S/C33H53N3O9/c1-31(2,3)43-27(39)19-18-23(29(41)44-32(4,5)6)35-26(38)21-24(30(42)45-33(7,8)9)36-25(37)17-13-14-20-34-28(40)22-15-11-10-12-16-22/h10-12,15-16,23-25,36-37H,13-14,17-21H2,1-9H3,(H,34,40)(H,35,38)/t23-,24-,25?/m0/s1. The van der Waals surface area contributed by atoms with E-state index in [1.54, 1.807) is 86.6 Å². The molecule has 0 spiro atoms. The quantitative estimate of drug-likeness (QED) is 0.0912. The molecule has 2 amide bonds. The summed E-state index contributed by atoms with van der Waals surface area (Å²) in [6.45, 7) is 15.6. The highest BCUT2D eigenvalue weighted by Gasteiger charge is 2.32. The van der Waals surface area contributed by atoms with Gasteiger partial charge < -0.3 is 30.0 Å². The number of hydrogen-bond donors (Lipinski definition) is 4. The van der Waals surface area contributed by atoms with Gasteiger partial charge in [-0.25, -0.2) is 4.79 Å². The Morgan fingerprint density at radius 1 is 0.733 bits per heavy atom. The van der Waals surface area contributed by atoms with Crippen LogP contribution in [0.4, 0.5) is 0 Å². The lowest BCUT2D eigenvalue weighted by atomic mass is 10.1. The van der Waals surface area contributed by atoms with Crippen molar-refractivity contribution in [3.05, 3.63) is 35.9 Å². The minimum atomic E-state index is -1.23. The van der Waals surface area contributed by atoms with E-state index in [1.807, 2.05) is 6.07 Å². The molecular formula is C33H53N3O9. The summed E-state index contributed by atoms with van der Waals surface area (Å²) < 4.78 is 16.2. The summed E-state index contributed by atoms with van der Waals surface area (Å²) in [7, 11) is 0. The minimum absolute atomic E-state index is 0.0798. The van der Waals surface area contributed by atoms with E-state index in [9.17, 15) is 29.1 Å². The Kier molecular flexibility index (Phi) is 15.7. The van der Waals surface area contributed by atoms with Crippen LogP contribution in [-0.2, 0) is 33.4 Å². The third-order valence-electron chi connectivity index (χ3n) is 5.78. The zero-order valence-electron chi connectivity index (χ0n) is 28.3. The van der Waals surface area contributed by atoms with Crippen LogP contribution in [0, 0.1) is 0 Å². The van der Waals surface area contributed by atoms with Crippen molar-refractivity contribution in [2.24, 2.45) is 0 Å². The number of ether oxygens (including phenoxy) is 3. The van der Waals surface area contributed by atoms with E-state index < -0.39 is 65.4 Å². The summed E-state index contributed by atoms with van der Waals surface area (Å²) in [6, 6.07) is 6.40. The van der Waals surface area contributed by atoms with Gasteiger partial charge in [0.2, 0.25) is 5.91 Å². The second-order valence-corrected chi connectivity index (χ2v) is 13.9. The Morgan fingerprint density at radius 3 is 1.80 bits per heavy atom. The molecule has 45 heavy (non-hydrogen) atoms. The van der Waals surface area contributed by atoms with Gasteiger partial charge in [0.05, 0.1) is 6.42 Å². The van der Waals surface area contributed by atoms with E-state index in [-0.39, 0.29) is 25.2 Å². The lowest BCUT2D eigenvalue weighted by Crippen LogP contribution is -2.50. The summed E-state index contributed by atoms with van der Waals surface area (Å²) in [4.78, 5) is 63.5. The molecule has 1 unspecified atom stereocenters. The molecule has 4 N–H and O–H groups in total. The first-order valence-corrected chi connectivity index (χ1v) is 15.4. The first-order chi connectivity index (χ1) is 20.6. The number of carbonyl (C=O) groups excluding carboxylic acids is 5. The van der Waals surface area contributed by atoms with Gasteiger partial charge >= 0.3 is 17.9 Å². The fourth-order valence-corrected chi connectivity index (χ4v) is 3.97. The van der Waals surface area contributed by atoms with Gasteiger partial charge in [-0.1, -0.05) is 18.2 Å². The molecule has 254 valence electrons. The van der Waals surface area contributed by atoms with Crippen LogP contribution in [0.25, 0.3) is 0 Å². The zero-order valence-corrected chi connectivity index (χ0v) is 28.3. The van der Waals surface area contributed by atoms with Crippen LogP contribution in [0.15, 0.2) is 30.3 Å². The molecule has 0 radical (unpaired) electrons. The number of aliphatic hydroxyl groups is 1. The maximum atomic E-state index is 13.1. The van der Waals surface area contributed by atoms with Gasteiger partial charge in [-0.2, -0.15) is 0 Å². The molecule has 3 atom stereocenters. The number of unbranched alkanes of at least 4 members (excludes halogenated alkanes) is 1. The molecule has 1 rings (SSSR count). The van der Waals surface area contributed by atoms with Gasteiger partial charge in [-0.3, -0.25) is 24.5 Å². The van der Waals surface area contributed by atoms with Crippen molar-refractivity contribution in [3.63, 3.8) is 0 Å². The fourth-order valence-electron chi connectivity index (χ4n) is 3.97. The lowest BCUT2D eigenvalue weighted by molar-refractivity contribution is -0.160. The van der Waals surface area contributed by atoms with Crippen LogP contribution < -0.4 is 16.0 Å². The fraction of sp³-hybridized carbons (Fsp3) is 0.667. The minimum Gasteiger partial charge on any atom is -0.460 e. The number of nitrogens with one attached hydrogen (secondary N) is 3. The second-order valence-electron chi connectivity index (χ2n) is 13.9. The van der Waals surface area contributed by atoms with Gasteiger partial charge in [-0.05, 0) is 100 Å². The van der Waals surface area contributed by atoms with Crippen molar-refractivity contribution in [3.8, 4) is 0 Å². The number of esters is 3. The Bertz CT molecular complexity index is 1120. The highest BCUT2D eigenvalue weighted by Crippen LogP contribution is 2.15. The summed E-state index contributed by atoms with van der Waals surface area (Å²) in [5, 5.41) is 18.8. The topological polar surface area (TPSA) is 169 Å². The van der Waals surface area contributed by atoms with Gasteiger partial charge in [0.1, 0.15) is 35.1 Å². The van der Waals surface area contributed by atoms with Gasteiger partial charge in [0.25, 0.3) is 5.91 Å². The van der Waals surface area contributed by atoms with Crippen LogP contribution in [0.1, 0.15) is 111 Å². The summed E-state index contributed by atoms with van der Waals surface area (Å²) in [5.74, 6) is -2.91. The number of aliphatic hydroxyl groups excluding tert-OH is 1.